The Balaban J connectivity index is 1.46. The van der Waals surface area contributed by atoms with Crippen molar-refractivity contribution in [1.82, 2.24) is 10.2 Å². The zero-order chi connectivity index (χ0) is 33.0. The van der Waals surface area contributed by atoms with E-state index in [1.165, 1.54) is 9.80 Å². The number of fused-ring (bicyclic) bond motifs is 1. The number of allylic oxidation sites excluding steroid dienone is 1. The molecule has 0 aliphatic carbocycles. The van der Waals surface area contributed by atoms with Crippen molar-refractivity contribution in [3.8, 4) is 0 Å². The van der Waals surface area contributed by atoms with Crippen LogP contribution in [0.4, 0.5) is 5.69 Å². The Morgan fingerprint density at radius 1 is 1.17 bits per heavy atom. The number of hydrogen-bond donors (Lipinski definition) is 2. The van der Waals surface area contributed by atoms with Gasteiger partial charge in [0, 0.05) is 19.5 Å². The van der Waals surface area contributed by atoms with Crippen LogP contribution in [0, 0.1) is 11.8 Å². The summed E-state index contributed by atoms with van der Waals surface area (Å²) >= 11 is 6.49. The number of para-hydroxylation sites is 1. The molecule has 0 aromatic heterocycles. The monoisotopic (exact) mass is 649 g/mol. The quantitative estimate of drug-likeness (QED) is 0.234. The highest BCUT2D eigenvalue weighted by Crippen LogP contribution is 2.59. The standard InChI is InChI=1S/C35H40ClN3O7/c1-4-6-16-27(41)37-22(3)30(23-12-8-7-9-13-23)45-34(44)28-26-17-18-35(46-26)29(28)32(42)39(20-21-40)31(35)33(43)38(19-5-2)25-15-11-10-14-24(25)36/h4-5,7-15,22,26,28-31,40H,1-2,6,16-21H2,3H3,(H,37,41)/t22-,26-,28+,29+,30-,31-,35+/m0/s1. The third kappa shape index (κ3) is 6.09. The van der Waals surface area contributed by atoms with Gasteiger partial charge in [0.25, 0.3) is 5.91 Å². The van der Waals surface area contributed by atoms with Gasteiger partial charge >= 0.3 is 5.97 Å². The molecular formula is C35H40ClN3O7. The molecule has 3 aliphatic rings. The molecule has 10 nitrogen and oxygen atoms in total. The zero-order valence-corrected chi connectivity index (χ0v) is 26.6. The number of carbonyl (C=O) groups excluding carboxylic acids is 4. The first-order valence-corrected chi connectivity index (χ1v) is 16.0. The van der Waals surface area contributed by atoms with E-state index >= 15 is 0 Å². The molecule has 3 saturated heterocycles. The molecular weight excluding hydrogens is 610 g/mol. The van der Waals surface area contributed by atoms with Gasteiger partial charge in [0.15, 0.2) is 0 Å². The lowest BCUT2D eigenvalue weighted by Gasteiger charge is -2.36. The second-order valence-corrected chi connectivity index (χ2v) is 12.4. The van der Waals surface area contributed by atoms with E-state index in [0.29, 0.717) is 35.5 Å². The highest BCUT2D eigenvalue weighted by molar-refractivity contribution is 6.34. The number of β-amino-alcohol motifs (C(OH)–C–C–N with tert-alkyl or cyclic N) is 1. The van der Waals surface area contributed by atoms with E-state index in [-0.39, 0.29) is 32.0 Å². The van der Waals surface area contributed by atoms with Gasteiger partial charge in [-0.25, -0.2) is 0 Å². The molecule has 5 rings (SSSR count). The largest absolute Gasteiger partial charge is 0.455 e. The van der Waals surface area contributed by atoms with E-state index in [1.54, 1.807) is 43.3 Å². The van der Waals surface area contributed by atoms with Crippen LogP contribution in [0.2, 0.25) is 5.02 Å². The Labute approximate surface area is 274 Å². The van der Waals surface area contributed by atoms with Gasteiger partial charge < -0.3 is 29.7 Å². The molecule has 1 spiro atoms. The third-order valence-electron chi connectivity index (χ3n) is 9.16. The zero-order valence-electron chi connectivity index (χ0n) is 25.8. The molecule has 3 amide bonds. The maximum absolute atomic E-state index is 14.5. The lowest BCUT2D eigenvalue weighted by molar-refractivity contribution is -0.162. The fourth-order valence-corrected chi connectivity index (χ4v) is 7.48. The second kappa shape index (κ2) is 14.2. The molecule has 2 bridgehead atoms. The molecule has 0 saturated carbocycles. The number of amides is 3. The lowest BCUT2D eigenvalue weighted by Crippen LogP contribution is -2.57. The first-order valence-electron chi connectivity index (χ1n) is 15.6. The van der Waals surface area contributed by atoms with E-state index in [1.807, 2.05) is 30.3 Å². The Kier molecular flexibility index (Phi) is 10.3. The van der Waals surface area contributed by atoms with Gasteiger partial charge in [-0.1, -0.05) is 66.2 Å². The van der Waals surface area contributed by atoms with Crippen molar-refractivity contribution < 1.29 is 33.8 Å². The average molecular weight is 650 g/mol. The van der Waals surface area contributed by atoms with Crippen LogP contribution >= 0.6 is 11.6 Å². The number of ether oxygens (including phenoxy) is 2. The summed E-state index contributed by atoms with van der Waals surface area (Å²) in [5, 5.41) is 13.2. The van der Waals surface area contributed by atoms with Crippen LogP contribution in [0.1, 0.15) is 44.3 Å². The van der Waals surface area contributed by atoms with Crippen LogP contribution in [-0.4, -0.2) is 77.2 Å². The maximum Gasteiger partial charge on any atom is 0.313 e. The molecule has 11 heteroatoms. The number of hydrogen-bond acceptors (Lipinski definition) is 7. The van der Waals surface area contributed by atoms with Crippen molar-refractivity contribution in [2.75, 3.05) is 24.6 Å². The predicted molar refractivity (Wildman–Crippen MR) is 173 cm³/mol. The van der Waals surface area contributed by atoms with Crippen molar-refractivity contribution in [2.24, 2.45) is 11.8 Å². The number of esters is 1. The number of nitrogens with one attached hydrogen (secondary N) is 1. The summed E-state index contributed by atoms with van der Waals surface area (Å²) < 4.78 is 12.7. The van der Waals surface area contributed by atoms with Crippen LogP contribution in [0.15, 0.2) is 79.9 Å². The normalized spacial score (nSPS) is 25.8. The van der Waals surface area contributed by atoms with E-state index < -0.39 is 59.5 Å². The van der Waals surface area contributed by atoms with Crippen molar-refractivity contribution in [3.05, 3.63) is 90.5 Å². The fourth-order valence-electron chi connectivity index (χ4n) is 7.24. The minimum Gasteiger partial charge on any atom is -0.455 e. The molecule has 2 aromatic rings. The topological polar surface area (TPSA) is 125 Å². The molecule has 2 aromatic carbocycles. The molecule has 3 aliphatic heterocycles. The minimum absolute atomic E-state index is 0.116. The van der Waals surface area contributed by atoms with Gasteiger partial charge in [0.1, 0.15) is 17.7 Å². The molecule has 2 N–H and O–H groups in total. The Morgan fingerprint density at radius 2 is 1.89 bits per heavy atom. The van der Waals surface area contributed by atoms with Crippen molar-refractivity contribution in [3.63, 3.8) is 0 Å². The first kappa shape index (κ1) is 33.4. The Morgan fingerprint density at radius 3 is 2.57 bits per heavy atom. The fraction of sp³-hybridized carbons (Fsp3) is 0.429. The highest BCUT2D eigenvalue weighted by Gasteiger charge is 2.75. The predicted octanol–water partition coefficient (Wildman–Crippen LogP) is 3.98. The number of nitrogens with zero attached hydrogens (tertiary/aromatic N) is 2. The number of benzene rings is 2. The van der Waals surface area contributed by atoms with Gasteiger partial charge in [-0.05, 0) is 43.9 Å². The molecule has 7 atom stereocenters. The number of rotatable bonds is 14. The van der Waals surface area contributed by atoms with Crippen molar-refractivity contribution >= 4 is 41.0 Å². The van der Waals surface area contributed by atoms with Gasteiger partial charge in [-0.15, -0.1) is 13.2 Å². The highest BCUT2D eigenvalue weighted by atomic mass is 35.5. The molecule has 0 unspecified atom stereocenters. The van der Waals surface area contributed by atoms with Crippen LogP contribution in [0.5, 0.6) is 0 Å². The number of halogens is 1. The molecule has 3 fully saturated rings. The van der Waals surface area contributed by atoms with E-state index in [2.05, 4.69) is 18.5 Å². The Bertz CT molecular complexity index is 1490. The van der Waals surface area contributed by atoms with E-state index in [4.69, 9.17) is 21.1 Å². The average Bonchev–Trinajstić information content (AvgIpc) is 3.69. The Hall–Kier alpha value is -3.99. The molecule has 244 valence electrons. The van der Waals surface area contributed by atoms with Gasteiger partial charge in [-0.2, -0.15) is 0 Å². The number of carbonyl (C=O) groups is 4. The van der Waals surface area contributed by atoms with Gasteiger partial charge in [0.05, 0.1) is 41.3 Å². The van der Waals surface area contributed by atoms with Crippen molar-refractivity contribution in [2.45, 2.75) is 62.5 Å². The summed E-state index contributed by atoms with van der Waals surface area (Å²) in [6, 6.07) is 14.3. The summed E-state index contributed by atoms with van der Waals surface area (Å²) in [6.45, 7) is 8.84. The maximum atomic E-state index is 14.5. The summed E-state index contributed by atoms with van der Waals surface area (Å²) in [5.41, 5.74) is -0.173. The summed E-state index contributed by atoms with van der Waals surface area (Å²) in [5.74, 6) is -3.72. The summed E-state index contributed by atoms with van der Waals surface area (Å²) in [6.07, 6.45) is 3.30. The van der Waals surface area contributed by atoms with Crippen molar-refractivity contribution in [1.29, 1.82) is 0 Å². The van der Waals surface area contributed by atoms with Crippen LogP contribution in [0.25, 0.3) is 0 Å². The number of aliphatic hydroxyl groups excluding tert-OH is 1. The second-order valence-electron chi connectivity index (χ2n) is 12.0. The molecule has 46 heavy (non-hydrogen) atoms. The summed E-state index contributed by atoms with van der Waals surface area (Å²) in [7, 11) is 0. The third-order valence-corrected chi connectivity index (χ3v) is 9.48. The van der Waals surface area contributed by atoms with Crippen LogP contribution in [0.3, 0.4) is 0 Å². The molecule has 0 radical (unpaired) electrons. The van der Waals surface area contributed by atoms with E-state index in [9.17, 15) is 24.3 Å². The van der Waals surface area contributed by atoms with E-state index in [0.717, 1.165) is 0 Å². The number of likely N-dealkylation sites (tertiary alicyclic amines) is 1. The lowest BCUT2D eigenvalue weighted by atomic mass is 9.70. The summed E-state index contributed by atoms with van der Waals surface area (Å²) in [4.78, 5) is 58.1. The smallest absolute Gasteiger partial charge is 0.313 e. The number of aliphatic hydroxyl groups is 1. The minimum atomic E-state index is -1.30. The SMILES string of the molecule is C=CCCC(=O)N[C@@H](C)[C@H](OC(=O)[C@@H]1[C@@H]2CC[C@]3(O2)[C@H](C(=O)N(CC=C)c2ccccc2Cl)N(CCO)C(=O)[C@@H]13)c1ccccc1. The van der Waals surface area contributed by atoms with Crippen LogP contribution < -0.4 is 10.2 Å². The number of anilines is 1. The van der Waals surface area contributed by atoms with Gasteiger partial charge in [-0.3, -0.25) is 19.2 Å². The van der Waals surface area contributed by atoms with Gasteiger partial charge in [0.2, 0.25) is 11.8 Å². The first-order chi connectivity index (χ1) is 22.2. The molecule has 3 heterocycles. The van der Waals surface area contributed by atoms with Crippen LogP contribution in [-0.2, 0) is 28.7 Å².